The Kier molecular flexibility index (Phi) is 8.78. The Bertz CT molecular complexity index is 1220. The van der Waals surface area contributed by atoms with Crippen molar-refractivity contribution in [2.75, 3.05) is 40.0 Å². The molecule has 0 saturated heterocycles. The first-order chi connectivity index (χ1) is 18.1. The van der Waals surface area contributed by atoms with Crippen LogP contribution in [-0.4, -0.2) is 71.9 Å². The van der Waals surface area contributed by atoms with Crippen LogP contribution < -0.4 is 4.74 Å². The van der Waals surface area contributed by atoms with Crippen molar-refractivity contribution in [2.45, 2.75) is 52.1 Å². The van der Waals surface area contributed by atoms with Gasteiger partial charge in [-0.2, -0.15) is 0 Å². The molecule has 0 amide bonds. The molecule has 2 aliphatic rings. The third-order valence-electron chi connectivity index (χ3n) is 7.74. The quantitative estimate of drug-likeness (QED) is 0.430. The van der Waals surface area contributed by atoms with E-state index in [1.54, 1.807) is 26.0 Å². The van der Waals surface area contributed by atoms with Gasteiger partial charge in [0.1, 0.15) is 18.2 Å². The van der Waals surface area contributed by atoms with Crippen molar-refractivity contribution >= 4 is 11.5 Å². The fourth-order valence-corrected chi connectivity index (χ4v) is 5.66. The average molecular weight is 532 g/mol. The number of hydrogen-bond acceptors (Lipinski definition) is 5. The summed E-state index contributed by atoms with van der Waals surface area (Å²) < 4.78 is 48.3. The second kappa shape index (κ2) is 11.9. The number of nitrogens with zero attached hydrogens (tertiary/aromatic N) is 3. The molecule has 1 aliphatic heterocycles. The number of ether oxygens (including phenoxy) is 1. The van der Waals surface area contributed by atoms with Crippen LogP contribution >= 0.6 is 0 Å². The number of rotatable bonds is 11. The first kappa shape index (κ1) is 28.1. The second-order valence-corrected chi connectivity index (χ2v) is 10.5. The Hall–Kier alpha value is -2.91. The van der Waals surface area contributed by atoms with Gasteiger partial charge in [0.05, 0.1) is 24.8 Å². The van der Waals surface area contributed by atoms with Gasteiger partial charge in [0.15, 0.2) is 0 Å². The predicted octanol–water partition coefficient (Wildman–Crippen LogP) is 5.20. The molecule has 206 valence electrons. The number of hydrogen-bond donors (Lipinski definition) is 1. The molecule has 0 saturated carbocycles. The standard InChI is InChI=1S/C29H36F3N3O3/c1-17(29(36)37)16-35-18(2)12-23-22-14-21(31)7-6-20(22)13-24(23)27(35)26-19(3)28(33-15-25(26)32)38-11-10-34(4)9-5-8-30/h6-7,14-15,17-18,27H,5,8-13,16H2,1-4H3,(H,36,37)/t17-,18-,27+/m1/s1. The van der Waals surface area contributed by atoms with Gasteiger partial charge in [-0.3, -0.25) is 14.1 Å². The third kappa shape index (κ3) is 5.73. The highest BCUT2D eigenvalue weighted by Crippen LogP contribution is 2.50. The Morgan fingerprint density at radius 3 is 2.79 bits per heavy atom. The summed E-state index contributed by atoms with van der Waals surface area (Å²) >= 11 is 0. The molecule has 0 bridgehead atoms. The lowest BCUT2D eigenvalue weighted by atomic mass is 9.83. The monoisotopic (exact) mass is 531 g/mol. The van der Waals surface area contributed by atoms with Gasteiger partial charge < -0.3 is 14.7 Å². The lowest BCUT2D eigenvalue weighted by molar-refractivity contribution is -0.142. The number of likely N-dealkylation sites (N-methyl/N-ethyl adjacent to an activating group) is 1. The van der Waals surface area contributed by atoms with Crippen LogP contribution in [0.1, 0.15) is 55.0 Å². The van der Waals surface area contributed by atoms with Crippen LogP contribution in [0.5, 0.6) is 5.88 Å². The van der Waals surface area contributed by atoms with E-state index in [9.17, 15) is 18.7 Å². The van der Waals surface area contributed by atoms with E-state index < -0.39 is 23.7 Å². The van der Waals surface area contributed by atoms with Gasteiger partial charge in [0, 0.05) is 36.8 Å². The zero-order chi connectivity index (χ0) is 27.6. The van der Waals surface area contributed by atoms with Gasteiger partial charge in [0.2, 0.25) is 5.88 Å². The first-order valence-corrected chi connectivity index (χ1v) is 13.1. The maximum Gasteiger partial charge on any atom is 0.307 e. The summed E-state index contributed by atoms with van der Waals surface area (Å²) in [6.45, 7) is 6.76. The molecule has 0 fully saturated rings. The third-order valence-corrected chi connectivity index (χ3v) is 7.74. The average Bonchev–Trinajstić information content (AvgIpc) is 3.22. The van der Waals surface area contributed by atoms with Gasteiger partial charge in [-0.05, 0) is 74.6 Å². The Balaban J connectivity index is 1.73. The maximum atomic E-state index is 15.7. The lowest BCUT2D eigenvalue weighted by Gasteiger charge is -2.43. The predicted molar refractivity (Wildman–Crippen MR) is 140 cm³/mol. The first-order valence-electron chi connectivity index (χ1n) is 13.1. The van der Waals surface area contributed by atoms with Crippen molar-refractivity contribution in [1.82, 2.24) is 14.8 Å². The highest BCUT2D eigenvalue weighted by molar-refractivity contribution is 5.79. The molecule has 38 heavy (non-hydrogen) atoms. The molecule has 0 unspecified atom stereocenters. The van der Waals surface area contributed by atoms with Crippen LogP contribution in [0, 0.1) is 24.5 Å². The van der Waals surface area contributed by atoms with Crippen molar-refractivity contribution in [3.05, 3.63) is 63.9 Å². The Labute approximate surface area is 222 Å². The van der Waals surface area contributed by atoms with E-state index in [0.717, 1.165) is 28.5 Å². The van der Waals surface area contributed by atoms with Gasteiger partial charge in [0.25, 0.3) is 0 Å². The fourth-order valence-electron chi connectivity index (χ4n) is 5.66. The molecule has 4 rings (SSSR count). The van der Waals surface area contributed by atoms with Gasteiger partial charge in [-0.15, -0.1) is 0 Å². The number of carboxylic acids is 1. The molecule has 0 radical (unpaired) electrons. The van der Waals surface area contributed by atoms with E-state index in [1.807, 2.05) is 18.9 Å². The minimum atomic E-state index is -0.916. The number of pyridine rings is 1. The minimum Gasteiger partial charge on any atom is -0.481 e. The van der Waals surface area contributed by atoms with Crippen molar-refractivity contribution in [3.63, 3.8) is 0 Å². The van der Waals surface area contributed by atoms with Crippen molar-refractivity contribution in [3.8, 4) is 5.88 Å². The van der Waals surface area contributed by atoms with Gasteiger partial charge in [-0.1, -0.05) is 13.0 Å². The molecule has 0 spiro atoms. The maximum absolute atomic E-state index is 15.7. The summed E-state index contributed by atoms with van der Waals surface area (Å²) in [5, 5.41) is 9.66. The van der Waals surface area contributed by atoms with E-state index in [2.05, 4.69) is 9.88 Å². The van der Waals surface area contributed by atoms with Gasteiger partial charge >= 0.3 is 5.97 Å². The second-order valence-electron chi connectivity index (χ2n) is 10.5. The number of halogens is 3. The molecular formula is C29H36F3N3O3. The highest BCUT2D eigenvalue weighted by atomic mass is 19.1. The summed E-state index contributed by atoms with van der Waals surface area (Å²) in [5.74, 6) is -2.07. The number of carbonyl (C=O) groups is 1. The SMILES string of the molecule is Cc1c(OCCN(C)CCCF)ncc(F)c1[C@@H]1C2=C(C[C@@H](C)N1C[C@@H](C)C(=O)O)c1cc(F)ccc1C2. The molecule has 1 aromatic carbocycles. The molecule has 2 aromatic rings. The normalized spacial score (nSPS) is 20.0. The number of alkyl halides is 1. The summed E-state index contributed by atoms with van der Waals surface area (Å²) in [5.41, 5.74) is 4.77. The van der Waals surface area contributed by atoms with Crippen LogP contribution in [0.3, 0.4) is 0 Å². The van der Waals surface area contributed by atoms with Gasteiger partial charge in [-0.25, -0.2) is 13.8 Å². The molecular weight excluding hydrogens is 495 g/mol. The summed E-state index contributed by atoms with van der Waals surface area (Å²) in [6.07, 6.45) is 2.76. The zero-order valence-corrected chi connectivity index (χ0v) is 22.4. The van der Waals surface area contributed by atoms with Crippen LogP contribution in [-0.2, 0) is 11.2 Å². The smallest absolute Gasteiger partial charge is 0.307 e. The number of aliphatic carboxylic acids is 1. The topological polar surface area (TPSA) is 65.9 Å². The lowest BCUT2D eigenvalue weighted by Crippen LogP contribution is -2.45. The van der Waals surface area contributed by atoms with E-state index in [-0.39, 0.29) is 25.1 Å². The molecule has 1 N–H and O–H groups in total. The van der Waals surface area contributed by atoms with Crippen LogP contribution in [0.4, 0.5) is 13.2 Å². The summed E-state index contributed by atoms with van der Waals surface area (Å²) in [4.78, 5) is 20.0. The fraction of sp³-hybridized carbons (Fsp3) is 0.517. The largest absolute Gasteiger partial charge is 0.481 e. The van der Waals surface area contributed by atoms with Crippen LogP contribution in [0.2, 0.25) is 0 Å². The van der Waals surface area contributed by atoms with E-state index in [0.29, 0.717) is 56.0 Å². The van der Waals surface area contributed by atoms with Crippen LogP contribution in [0.25, 0.3) is 5.57 Å². The van der Waals surface area contributed by atoms with E-state index in [4.69, 9.17) is 4.74 Å². The Morgan fingerprint density at radius 1 is 1.32 bits per heavy atom. The van der Waals surface area contributed by atoms with Crippen molar-refractivity contribution in [2.24, 2.45) is 5.92 Å². The minimum absolute atomic E-state index is 0.102. The van der Waals surface area contributed by atoms with Crippen molar-refractivity contribution < 1.29 is 27.8 Å². The molecule has 1 aromatic heterocycles. The molecule has 2 heterocycles. The number of aromatic nitrogens is 1. The number of benzene rings is 1. The molecule has 1 aliphatic carbocycles. The zero-order valence-electron chi connectivity index (χ0n) is 22.4. The molecule has 6 nitrogen and oxygen atoms in total. The number of fused-ring (bicyclic) bond motifs is 2. The summed E-state index contributed by atoms with van der Waals surface area (Å²) in [6, 6.07) is 4.12. The Morgan fingerprint density at radius 2 is 2.08 bits per heavy atom. The molecule has 9 heteroatoms. The highest BCUT2D eigenvalue weighted by Gasteiger charge is 2.42. The number of carboxylic acid groups (broad SMARTS) is 1. The summed E-state index contributed by atoms with van der Waals surface area (Å²) in [7, 11) is 1.88. The van der Waals surface area contributed by atoms with E-state index in [1.165, 1.54) is 6.07 Å². The molecule has 3 atom stereocenters. The van der Waals surface area contributed by atoms with Crippen molar-refractivity contribution in [1.29, 1.82) is 0 Å². The van der Waals surface area contributed by atoms with E-state index >= 15 is 4.39 Å². The van der Waals surface area contributed by atoms with Crippen LogP contribution in [0.15, 0.2) is 30.0 Å².